The molecule has 0 fully saturated rings. The minimum atomic E-state index is -0.328. The van der Waals surface area contributed by atoms with Crippen molar-refractivity contribution in [1.82, 2.24) is 35.1 Å². The predicted molar refractivity (Wildman–Crippen MR) is 122 cm³/mol. The topological polar surface area (TPSA) is 105 Å². The summed E-state index contributed by atoms with van der Waals surface area (Å²) in [5, 5.41) is 8.20. The molecule has 0 atom stereocenters. The van der Waals surface area contributed by atoms with Gasteiger partial charge in [0, 0.05) is 35.3 Å². The van der Waals surface area contributed by atoms with Gasteiger partial charge in [0.05, 0.1) is 29.9 Å². The highest BCUT2D eigenvalue weighted by molar-refractivity contribution is 5.96. The van der Waals surface area contributed by atoms with E-state index in [1.165, 1.54) is 12.1 Å². The Morgan fingerprint density at radius 1 is 0.909 bits per heavy atom. The number of aromatic amines is 2. The number of rotatable bonds is 4. The highest BCUT2D eigenvalue weighted by Gasteiger charge is 2.17. The van der Waals surface area contributed by atoms with E-state index in [2.05, 4.69) is 30.1 Å². The number of nitrogens with one attached hydrogen (secondary N) is 2. The van der Waals surface area contributed by atoms with Gasteiger partial charge in [0.25, 0.3) is 0 Å². The molecule has 0 unspecified atom stereocenters. The Labute approximate surface area is 186 Å². The fourth-order valence-corrected chi connectivity index (χ4v) is 3.82. The summed E-state index contributed by atoms with van der Waals surface area (Å²) in [6.45, 7) is 0. The zero-order valence-electron chi connectivity index (χ0n) is 17.4. The van der Waals surface area contributed by atoms with Gasteiger partial charge in [-0.1, -0.05) is 12.1 Å². The average Bonchev–Trinajstić information content (AvgIpc) is 3.47. The third-order valence-electron chi connectivity index (χ3n) is 5.42. The number of H-pyrrole nitrogens is 2. The van der Waals surface area contributed by atoms with Crippen LogP contribution in [0.15, 0.2) is 67.3 Å². The van der Waals surface area contributed by atoms with E-state index < -0.39 is 0 Å². The number of aromatic nitrogens is 7. The van der Waals surface area contributed by atoms with Gasteiger partial charge in [-0.25, -0.2) is 14.4 Å². The van der Waals surface area contributed by atoms with Crippen molar-refractivity contribution in [1.29, 1.82) is 0 Å². The first-order valence-corrected chi connectivity index (χ1v) is 10.1. The zero-order chi connectivity index (χ0) is 22.4. The minimum Gasteiger partial charge on any atom is -0.495 e. The number of hydrogen-bond donors (Lipinski definition) is 2. The van der Waals surface area contributed by atoms with Gasteiger partial charge in [-0.2, -0.15) is 5.10 Å². The first-order chi connectivity index (χ1) is 16.2. The molecule has 6 rings (SSSR count). The largest absolute Gasteiger partial charge is 0.495 e. The molecule has 0 aliphatic heterocycles. The third-order valence-corrected chi connectivity index (χ3v) is 5.42. The van der Waals surface area contributed by atoms with Crippen LogP contribution in [0.25, 0.3) is 56.0 Å². The number of pyridine rings is 3. The van der Waals surface area contributed by atoms with Crippen LogP contribution < -0.4 is 4.74 Å². The lowest BCUT2D eigenvalue weighted by molar-refractivity contribution is 0.413. The van der Waals surface area contributed by atoms with E-state index in [-0.39, 0.29) is 5.82 Å². The van der Waals surface area contributed by atoms with Gasteiger partial charge in [-0.05, 0) is 30.3 Å². The number of nitrogens with zero attached hydrogens (tertiary/aromatic N) is 5. The van der Waals surface area contributed by atoms with Crippen LogP contribution in [0.5, 0.6) is 5.75 Å². The highest BCUT2D eigenvalue weighted by atomic mass is 19.1. The molecule has 5 heterocycles. The van der Waals surface area contributed by atoms with Crippen molar-refractivity contribution in [2.75, 3.05) is 7.11 Å². The Morgan fingerprint density at radius 3 is 2.70 bits per heavy atom. The second-order valence-corrected chi connectivity index (χ2v) is 7.46. The molecular formula is C24H16FN7O. The normalized spacial score (nSPS) is 11.3. The number of methoxy groups -OCH3 is 1. The molecule has 0 saturated carbocycles. The summed E-state index contributed by atoms with van der Waals surface area (Å²) < 4.78 is 19.1. The lowest BCUT2D eigenvalue weighted by atomic mass is 10.1. The number of imidazole rings is 1. The lowest BCUT2D eigenvalue weighted by Gasteiger charge is -2.04. The fraction of sp³-hybridized carbons (Fsp3) is 0.0417. The van der Waals surface area contributed by atoms with E-state index in [4.69, 9.17) is 9.72 Å². The zero-order valence-corrected chi connectivity index (χ0v) is 17.4. The smallest absolute Gasteiger partial charge is 0.159 e. The average molecular weight is 437 g/mol. The van der Waals surface area contributed by atoms with E-state index in [0.29, 0.717) is 39.7 Å². The number of hydrogen-bond acceptors (Lipinski definition) is 6. The molecule has 0 spiro atoms. The molecule has 9 heteroatoms. The summed E-state index contributed by atoms with van der Waals surface area (Å²) in [4.78, 5) is 21.2. The molecule has 0 bridgehead atoms. The lowest BCUT2D eigenvalue weighted by Crippen LogP contribution is -1.88. The van der Waals surface area contributed by atoms with Crippen LogP contribution in [0.2, 0.25) is 0 Å². The number of halogens is 1. The van der Waals surface area contributed by atoms with Crippen molar-refractivity contribution in [3.63, 3.8) is 0 Å². The molecule has 8 nitrogen and oxygen atoms in total. The van der Waals surface area contributed by atoms with Crippen molar-refractivity contribution < 1.29 is 9.13 Å². The number of ether oxygens (including phenoxy) is 1. The van der Waals surface area contributed by atoms with Crippen molar-refractivity contribution in [2.24, 2.45) is 0 Å². The van der Waals surface area contributed by atoms with Crippen molar-refractivity contribution in [2.45, 2.75) is 0 Å². The molecule has 0 radical (unpaired) electrons. The molecule has 5 aromatic heterocycles. The van der Waals surface area contributed by atoms with Gasteiger partial charge in [-0.15, -0.1) is 0 Å². The standard InChI is InChI=1S/C24H16FN7O/c1-33-17-8-14(10-26-12-17)15-9-18-21(31-32-23(18)28-11-15)24-29-19-5-6-27-20(22(19)30-24)13-3-2-4-16(25)7-13/h2-12H,1H3,(H,29,30)(H,28,31,32). The van der Waals surface area contributed by atoms with Crippen LogP contribution in [0.1, 0.15) is 0 Å². The Bertz CT molecular complexity index is 1640. The first kappa shape index (κ1) is 19.1. The molecule has 0 amide bonds. The van der Waals surface area contributed by atoms with Crippen molar-refractivity contribution in [3.05, 3.63) is 73.1 Å². The summed E-state index contributed by atoms with van der Waals surface area (Å²) in [7, 11) is 1.60. The molecule has 33 heavy (non-hydrogen) atoms. The van der Waals surface area contributed by atoms with E-state index in [9.17, 15) is 4.39 Å². The molecule has 0 aliphatic rings. The Hall–Kier alpha value is -4.66. The number of benzene rings is 1. The molecule has 1 aromatic carbocycles. The molecule has 160 valence electrons. The maximum absolute atomic E-state index is 13.8. The van der Waals surface area contributed by atoms with E-state index in [0.717, 1.165) is 22.0 Å². The second kappa shape index (κ2) is 7.49. The summed E-state index contributed by atoms with van der Waals surface area (Å²) in [5.74, 6) is 0.894. The van der Waals surface area contributed by atoms with Crippen LogP contribution in [0, 0.1) is 5.82 Å². The maximum atomic E-state index is 13.8. The van der Waals surface area contributed by atoms with Gasteiger partial charge < -0.3 is 9.72 Å². The first-order valence-electron chi connectivity index (χ1n) is 10.1. The van der Waals surface area contributed by atoms with Crippen LogP contribution in [-0.2, 0) is 0 Å². The fourth-order valence-electron chi connectivity index (χ4n) is 3.82. The van der Waals surface area contributed by atoms with Gasteiger partial charge in [0.2, 0.25) is 0 Å². The summed E-state index contributed by atoms with van der Waals surface area (Å²) in [6, 6.07) is 12.0. The van der Waals surface area contributed by atoms with Gasteiger partial charge in [0.1, 0.15) is 22.8 Å². The molecule has 2 N–H and O–H groups in total. The molecule has 6 aromatic rings. The Balaban J connectivity index is 1.49. The maximum Gasteiger partial charge on any atom is 0.159 e. The quantitative estimate of drug-likeness (QED) is 0.411. The van der Waals surface area contributed by atoms with E-state index >= 15 is 0 Å². The summed E-state index contributed by atoms with van der Waals surface area (Å²) in [6.07, 6.45) is 6.83. The highest BCUT2D eigenvalue weighted by Crippen LogP contribution is 2.32. The van der Waals surface area contributed by atoms with Crippen LogP contribution >= 0.6 is 0 Å². The van der Waals surface area contributed by atoms with Crippen molar-refractivity contribution in [3.8, 4) is 39.7 Å². The molecular weight excluding hydrogens is 421 g/mol. The van der Waals surface area contributed by atoms with Crippen LogP contribution in [0.3, 0.4) is 0 Å². The van der Waals surface area contributed by atoms with Crippen molar-refractivity contribution >= 4 is 22.1 Å². The Kier molecular flexibility index (Phi) is 4.32. The summed E-state index contributed by atoms with van der Waals surface area (Å²) >= 11 is 0. The Morgan fingerprint density at radius 2 is 1.82 bits per heavy atom. The second-order valence-electron chi connectivity index (χ2n) is 7.46. The van der Waals surface area contributed by atoms with Gasteiger partial charge in [-0.3, -0.25) is 15.1 Å². The van der Waals surface area contributed by atoms with E-state index in [1.807, 2.05) is 24.3 Å². The van der Waals surface area contributed by atoms with Crippen LogP contribution in [0.4, 0.5) is 4.39 Å². The van der Waals surface area contributed by atoms with Gasteiger partial charge in [0.15, 0.2) is 11.5 Å². The summed E-state index contributed by atoms with van der Waals surface area (Å²) in [5.41, 5.74) is 5.65. The van der Waals surface area contributed by atoms with Gasteiger partial charge >= 0.3 is 0 Å². The minimum absolute atomic E-state index is 0.328. The monoisotopic (exact) mass is 437 g/mol. The molecule has 0 saturated heterocycles. The third kappa shape index (κ3) is 3.26. The number of fused-ring (bicyclic) bond motifs is 2. The predicted octanol–water partition coefficient (Wildman–Crippen LogP) is 4.77. The van der Waals surface area contributed by atoms with E-state index in [1.54, 1.807) is 38.0 Å². The van der Waals surface area contributed by atoms with Crippen LogP contribution in [-0.4, -0.2) is 42.2 Å². The molecule has 0 aliphatic carbocycles. The SMILES string of the molecule is COc1cncc(-c2cnc3[nH]nc(-c4nc5c(-c6cccc(F)c6)nccc5[nH]4)c3c2)c1.